The largest absolute Gasteiger partial charge is 0.492 e. The Morgan fingerprint density at radius 2 is 1.84 bits per heavy atom. The highest BCUT2D eigenvalue weighted by molar-refractivity contribution is 14.0. The maximum Gasteiger partial charge on any atom is 0.221 e. The van der Waals surface area contributed by atoms with Crippen LogP contribution >= 0.6 is 24.0 Å². The topological polar surface area (TPSA) is 88.7 Å². The summed E-state index contributed by atoms with van der Waals surface area (Å²) in [5.41, 5.74) is 8.62. The van der Waals surface area contributed by atoms with Gasteiger partial charge in [-0.15, -0.1) is 24.0 Å². The molecule has 2 aromatic rings. The minimum Gasteiger partial charge on any atom is -0.492 e. The molecule has 2 aromatic carbocycles. The van der Waals surface area contributed by atoms with Crippen molar-refractivity contribution in [2.45, 2.75) is 13.8 Å². The minimum atomic E-state index is -0.119. The molecule has 2 rings (SSSR count). The van der Waals surface area contributed by atoms with Gasteiger partial charge in [0.25, 0.3) is 0 Å². The monoisotopic (exact) mass is 454 g/mol. The lowest BCUT2D eigenvalue weighted by atomic mass is 10.2. The van der Waals surface area contributed by atoms with Crippen LogP contribution in [0.15, 0.2) is 53.5 Å². The first kappa shape index (κ1) is 20.8. The second kappa shape index (κ2) is 10.5. The number of carbonyl (C=O) groups excluding carboxylic acids is 1. The van der Waals surface area contributed by atoms with Crippen molar-refractivity contribution in [1.29, 1.82) is 0 Å². The normalized spacial score (nSPS) is 10.6. The number of rotatable bonds is 6. The molecule has 4 N–H and O–H groups in total. The van der Waals surface area contributed by atoms with Crippen LogP contribution in [0.25, 0.3) is 0 Å². The van der Waals surface area contributed by atoms with Gasteiger partial charge in [0.2, 0.25) is 5.91 Å². The van der Waals surface area contributed by atoms with Crippen LogP contribution < -0.4 is 21.1 Å². The SMILES string of the molecule is CC(=O)Nc1cccc(OCCN=C(N)Nc2ccc(C)cc2)c1.I. The van der Waals surface area contributed by atoms with Gasteiger partial charge in [0.1, 0.15) is 12.4 Å². The Bertz CT molecular complexity index is 717. The Morgan fingerprint density at radius 3 is 2.52 bits per heavy atom. The van der Waals surface area contributed by atoms with Gasteiger partial charge in [-0.3, -0.25) is 4.79 Å². The standard InChI is InChI=1S/C18H22N4O2.HI/c1-13-6-8-15(9-7-13)22-18(19)20-10-11-24-17-5-3-4-16(12-17)21-14(2)23;/h3-9,12H,10-11H2,1-2H3,(H,21,23)(H3,19,20,22);1H. The summed E-state index contributed by atoms with van der Waals surface area (Å²) < 4.78 is 5.60. The smallest absolute Gasteiger partial charge is 0.221 e. The molecule has 25 heavy (non-hydrogen) atoms. The van der Waals surface area contributed by atoms with Gasteiger partial charge in [-0.1, -0.05) is 23.8 Å². The maximum absolute atomic E-state index is 11.0. The second-order valence-corrected chi connectivity index (χ2v) is 5.32. The van der Waals surface area contributed by atoms with Crippen LogP contribution in [0.4, 0.5) is 11.4 Å². The van der Waals surface area contributed by atoms with Crippen molar-refractivity contribution >= 4 is 47.2 Å². The third-order valence-electron chi connectivity index (χ3n) is 3.12. The lowest BCUT2D eigenvalue weighted by molar-refractivity contribution is -0.114. The molecule has 0 bridgehead atoms. The zero-order valence-electron chi connectivity index (χ0n) is 14.3. The van der Waals surface area contributed by atoms with E-state index in [1.165, 1.54) is 12.5 Å². The Balaban J connectivity index is 0.00000312. The Kier molecular flexibility index (Phi) is 8.76. The van der Waals surface area contributed by atoms with Crippen LogP contribution in [0, 0.1) is 6.92 Å². The molecule has 0 fully saturated rings. The summed E-state index contributed by atoms with van der Waals surface area (Å²) in [6, 6.07) is 15.1. The molecule has 0 aliphatic rings. The molecule has 0 aliphatic carbocycles. The van der Waals surface area contributed by atoms with E-state index in [9.17, 15) is 4.79 Å². The first-order valence-electron chi connectivity index (χ1n) is 7.67. The fraction of sp³-hybridized carbons (Fsp3) is 0.222. The molecule has 0 atom stereocenters. The molecule has 0 radical (unpaired) electrons. The molecule has 0 aliphatic heterocycles. The molecule has 1 amide bonds. The van der Waals surface area contributed by atoms with Gasteiger partial charge < -0.3 is 21.1 Å². The van der Waals surface area contributed by atoms with Crippen LogP contribution in [0.2, 0.25) is 0 Å². The fourth-order valence-corrected chi connectivity index (χ4v) is 2.02. The molecule has 0 spiro atoms. The number of amides is 1. The number of nitrogens with zero attached hydrogens (tertiary/aromatic N) is 1. The summed E-state index contributed by atoms with van der Waals surface area (Å²) in [4.78, 5) is 15.3. The number of hydrogen-bond acceptors (Lipinski definition) is 3. The summed E-state index contributed by atoms with van der Waals surface area (Å²) in [6.45, 7) is 4.31. The number of halogens is 1. The number of nitrogens with two attached hydrogens (primary N) is 1. The predicted octanol–water partition coefficient (Wildman–Crippen LogP) is 3.38. The van der Waals surface area contributed by atoms with Gasteiger partial charge in [-0.05, 0) is 31.2 Å². The van der Waals surface area contributed by atoms with Gasteiger partial charge in [-0.2, -0.15) is 0 Å². The van der Waals surface area contributed by atoms with E-state index in [1.807, 2.05) is 43.3 Å². The third kappa shape index (κ3) is 7.88. The summed E-state index contributed by atoms with van der Waals surface area (Å²) >= 11 is 0. The highest BCUT2D eigenvalue weighted by Crippen LogP contribution is 2.17. The van der Waals surface area contributed by atoms with Gasteiger partial charge in [-0.25, -0.2) is 4.99 Å². The van der Waals surface area contributed by atoms with E-state index in [-0.39, 0.29) is 29.9 Å². The maximum atomic E-state index is 11.0. The summed E-state index contributed by atoms with van der Waals surface area (Å²) in [5, 5.41) is 5.73. The highest BCUT2D eigenvalue weighted by Gasteiger charge is 1.99. The lowest BCUT2D eigenvalue weighted by Crippen LogP contribution is -2.23. The molecule has 0 aromatic heterocycles. The number of aryl methyl sites for hydroxylation is 1. The molecule has 6 nitrogen and oxygen atoms in total. The zero-order chi connectivity index (χ0) is 17.4. The molecule has 0 saturated heterocycles. The molecule has 134 valence electrons. The first-order valence-corrected chi connectivity index (χ1v) is 7.67. The van der Waals surface area contributed by atoms with Gasteiger partial charge in [0.15, 0.2) is 5.96 Å². The van der Waals surface area contributed by atoms with Crippen molar-refractivity contribution in [3.05, 3.63) is 54.1 Å². The van der Waals surface area contributed by atoms with Crippen LogP contribution in [0.5, 0.6) is 5.75 Å². The van der Waals surface area contributed by atoms with E-state index in [2.05, 4.69) is 15.6 Å². The van der Waals surface area contributed by atoms with E-state index < -0.39 is 0 Å². The quantitative estimate of drug-likeness (QED) is 0.270. The van der Waals surface area contributed by atoms with Crippen LogP contribution in [-0.2, 0) is 4.79 Å². The second-order valence-electron chi connectivity index (χ2n) is 5.32. The van der Waals surface area contributed by atoms with Crippen LogP contribution in [0.1, 0.15) is 12.5 Å². The fourth-order valence-electron chi connectivity index (χ4n) is 2.02. The first-order chi connectivity index (χ1) is 11.5. The number of ether oxygens (including phenoxy) is 1. The van der Waals surface area contributed by atoms with Crippen molar-refractivity contribution < 1.29 is 9.53 Å². The van der Waals surface area contributed by atoms with Gasteiger partial charge in [0.05, 0.1) is 6.54 Å². The number of hydrogen-bond donors (Lipinski definition) is 3. The molecular formula is C18H23IN4O2. The average molecular weight is 454 g/mol. The summed E-state index contributed by atoms with van der Waals surface area (Å²) in [7, 11) is 0. The van der Waals surface area contributed by atoms with Crippen LogP contribution in [-0.4, -0.2) is 25.0 Å². The number of aliphatic imine (C=N–C) groups is 1. The van der Waals surface area contributed by atoms with Crippen LogP contribution in [0.3, 0.4) is 0 Å². The predicted molar refractivity (Wildman–Crippen MR) is 113 cm³/mol. The number of anilines is 2. The Hall–Kier alpha value is -2.29. The average Bonchev–Trinajstić information content (AvgIpc) is 2.53. The van der Waals surface area contributed by atoms with Gasteiger partial charge in [0, 0.05) is 24.4 Å². The van der Waals surface area contributed by atoms with Crippen molar-refractivity contribution in [1.82, 2.24) is 0 Å². The highest BCUT2D eigenvalue weighted by atomic mass is 127. The summed E-state index contributed by atoms with van der Waals surface area (Å²) in [6.07, 6.45) is 0. The molecule has 0 saturated carbocycles. The Labute approximate surface area is 164 Å². The zero-order valence-corrected chi connectivity index (χ0v) is 16.6. The van der Waals surface area contributed by atoms with Crippen molar-refractivity contribution in [3.8, 4) is 5.75 Å². The van der Waals surface area contributed by atoms with Gasteiger partial charge >= 0.3 is 0 Å². The Morgan fingerprint density at radius 1 is 1.12 bits per heavy atom. The van der Waals surface area contributed by atoms with Crippen molar-refractivity contribution in [3.63, 3.8) is 0 Å². The van der Waals surface area contributed by atoms with E-state index in [1.54, 1.807) is 12.1 Å². The van der Waals surface area contributed by atoms with Crippen molar-refractivity contribution in [2.75, 3.05) is 23.8 Å². The number of carbonyl (C=O) groups is 1. The number of benzene rings is 2. The third-order valence-corrected chi connectivity index (χ3v) is 3.12. The minimum absolute atomic E-state index is 0. The number of guanidine groups is 1. The molecule has 0 heterocycles. The summed E-state index contributed by atoms with van der Waals surface area (Å²) in [5.74, 6) is 0.891. The molecule has 0 unspecified atom stereocenters. The number of nitrogens with one attached hydrogen (secondary N) is 2. The molecular weight excluding hydrogens is 431 g/mol. The van der Waals surface area contributed by atoms with E-state index in [0.717, 1.165) is 5.69 Å². The molecule has 7 heteroatoms. The van der Waals surface area contributed by atoms with E-state index in [0.29, 0.717) is 30.5 Å². The van der Waals surface area contributed by atoms with Crippen molar-refractivity contribution in [2.24, 2.45) is 10.7 Å². The van der Waals surface area contributed by atoms with E-state index >= 15 is 0 Å². The van der Waals surface area contributed by atoms with E-state index in [4.69, 9.17) is 10.5 Å². The lowest BCUT2D eigenvalue weighted by Gasteiger charge is -2.08.